The summed E-state index contributed by atoms with van der Waals surface area (Å²) in [5.74, 6) is 0.949. The summed E-state index contributed by atoms with van der Waals surface area (Å²) in [7, 11) is 0. The number of nitrogens with zero attached hydrogens (tertiary/aromatic N) is 3. The molecule has 0 unspecified atom stereocenters. The van der Waals surface area contributed by atoms with Gasteiger partial charge in [0.1, 0.15) is 11.8 Å². The number of hydrogen-bond donors (Lipinski definition) is 0. The topological polar surface area (TPSA) is 37.7 Å². The monoisotopic (exact) mass is 353 g/mol. The van der Waals surface area contributed by atoms with E-state index in [2.05, 4.69) is 54.9 Å². The van der Waals surface area contributed by atoms with Crippen molar-refractivity contribution in [1.82, 2.24) is 9.88 Å². The van der Waals surface area contributed by atoms with Crippen LogP contribution in [0.2, 0.25) is 0 Å². The van der Waals surface area contributed by atoms with Crippen molar-refractivity contribution < 1.29 is 4.74 Å². The average molecular weight is 353 g/mol. The zero-order chi connectivity index (χ0) is 17.4. The van der Waals surface area contributed by atoms with Gasteiger partial charge in [0.2, 0.25) is 0 Å². The van der Waals surface area contributed by atoms with Crippen LogP contribution >= 0.6 is 11.8 Å². The van der Waals surface area contributed by atoms with Gasteiger partial charge in [-0.3, -0.25) is 9.98 Å². The van der Waals surface area contributed by atoms with Crippen LogP contribution in [-0.2, 0) is 0 Å². The molecule has 2 aliphatic heterocycles. The van der Waals surface area contributed by atoms with Gasteiger partial charge in [-0.2, -0.15) is 0 Å². The summed E-state index contributed by atoms with van der Waals surface area (Å²) < 4.78 is 6.11. The smallest absolute Gasteiger partial charge is 0.160 e. The van der Waals surface area contributed by atoms with Crippen LogP contribution in [0.3, 0.4) is 0 Å². The Labute approximate surface area is 153 Å². The van der Waals surface area contributed by atoms with Crippen LogP contribution in [-0.4, -0.2) is 33.0 Å². The lowest BCUT2D eigenvalue weighted by Crippen LogP contribution is -2.29. The fraction of sp³-hybridized carbons (Fsp3) is 0.400. The molecule has 1 fully saturated rings. The minimum atomic E-state index is 0.00751. The number of thioether (sulfide) groups is 1. The summed E-state index contributed by atoms with van der Waals surface area (Å²) in [5, 5.41) is 1.69. The Bertz CT molecular complexity index is 778. The molecule has 4 nitrogen and oxygen atoms in total. The summed E-state index contributed by atoms with van der Waals surface area (Å²) in [4.78, 5) is 12.1. The molecule has 2 aromatic rings. The molecule has 130 valence electrons. The normalized spacial score (nSPS) is 25.2. The Morgan fingerprint density at radius 2 is 1.96 bits per heavy atom. The van der Waals surface area contributed by atoms with E-state index in [9.17, 15) is 0 Å². The Balaban J connectivity index is 1.78. The summed E-state index contributed by atoms with van der Waals surface area (Å²) in [5.41, 5.74) is 2.21. The number of aliphatic imine (C=N–C) groups is 1. The maximum Gasteiger partial charge on any atom is 0.160 e. The molecule has 5 heteroatoms. The molecular formula is C20H23N3OS. The van der Waals surface area contributed by atoms with Crippen molar-refractivity contribution in [2.45, 2.75) is 44.2 Å². The first kappa shape index (κ1) is 16.5. The van der Waals surface area contributed by atoms with Crippen molar-refractivity contribution >= 4 is 16.9 Å². The van der Waals surface area contributed by atoms with Gasteiger partial charge in [0.25, 0.3) is 0 Å². The molecule has 0 spiro atoms. The first-order valence-corrected chi connectivity index (χ1v) is 9.69. The van der Waals surface area contributed by atoms with Crippen molar-refractivity contribution in [3.05, 3.63) is 59.9 Å². The van der Waals surface area contributed by atoms with Crippen molar-refractivity contribution in [3.8, 4) is 5.75 Å². The van der Waals surface area contributed by atoms with E-state index in [1.807, 2.05) is 36.2 Å². The van der Waals surface area contributed by atoms with E-state index in [4.69, 9.17) is 9.73 Å². The van der Waals surface area contributed by atoms with Crippen LogP contribution < -0.4 is 4.74 Å². The first-order valence-electron chi connectivity index (χ1n) is 8.81. The second-order valence-electron chi connectivity index (χ2n) is 6.84. The van der Waals surface area contributed by atoms with Gasteiger partial charge in [-0.25, -0.2) is 0 Å². The molecule has 0 N–H and O–H groups in total. The molecule has 1 aromatic carbocycles. The van der Waals surface area contributed by atoms with Crippen LogP contribution in [0.1, 0.15) is 44.1 Å². The molecule has 4 rings (SSSR count). The van der Waals surface area contributed by atoms with E-state index in [-0.39, 0.29) is 18.2 Å². The van der Waals surface area contributed by atoms with Crippen LogP contribution in [0.15, 0.2) is 53.7 Å². The molecular weight excluding hydrogens is 330 g/mol. The predicted octanol–water partition coefficient (Wildman–Crippen LogP) is 4.46. The highest BCUT2D eigenvalue weighted by Crippen LogP contribution is 2.49. The van der Waals surface area contributed by atoms with Gasteiger partial charge >= 0.3 is 0 Å². The molecule has 25 heavy (non-hydrogen) atoms. The zero-order valence-electron chi connectivity index (χ0n) is 14.8. The SMILES string of the molecule is CC(C)Oc1ccccc1[C@@H]1[C@@H](c2ccccn2)N=C2S[C@@H](C)CN21. The van der Waals surface area contributed by atoms with Crippen LogP contribution in [0.25, 0.3) is 0 Å². The fourth-order valence-corrected chi connectivity index (χ4v) is 4.63. The van der Waals surface area contributed by atoms with E-state index < -0.39 is 0 Å². The quantitative estimate of drug-likeness (QED) is 0.813. The number of benzene rings is 1. The molecule has 2 aliphatic rings. The maximum absolute atomic E-state index is 6.11. The minimum Gasteiger partial charge on any atom is -0.491 e. The van der Waals surface area contributed by atoms with Gasteiger partial charge in [0, 0.05) is 23.6 Å². The third kappa shape index (κ3) is 3.13. The lowest BCUT2D eigenvalue weighted by Gasteiger charge is -2.29. The van der Waals surface area contributed by atoms with Crippen LogP contribution in [0.5, 0.6) is 5.75 Å². The van der Waals surface area contributed by atoms with Gasteiger partial charge in [0.15, 0.2) is 5.17 Å². The third-order valence-corrected chi connectivity index (χ3v) is 5.58. The summed E-state index contributed by atoms with van der Waals surface area (Å²) in [6.07, 6.45) is 1.99. The molecule has 3 heterocycles. The largest absolute Gasteiger partial charge is 0.491 e. The molecule has 0 amide bonds. The number of pyridine rings is 1. The highest BCUT2D eigenvalue weighted by Gasteiger charge is 2.44. The van der Waals surface area contributed by atoms with Crippen molar-refractivity contribution in [3.63, 3.8) is 0 Å². The summed E-state index contributed by atoms with van der Waals surface area (Å²) in [6, 6.07) is 14.6. The molecule has 0 radical (unpaired) electrons. The van der Waals surface area contributed by atoms with Gasteiger partial charge in [-0.05, 0) is 32.0 Å². The molecule has 0 bridgehead atoms. The number of fused-ring (bicyclic) bond motifs is 1. The molecule has 1 aromatic heterocycles. The summed E-state index contributed by atoms with van der Waals surface area (Å²) >= 11 is 1.86. The standard InChI is InChI=1S/C20H23N3OS/c1-13(2)24-17-10-5-4-8-15(17)19-18(16-9-6-7-11-21-16)22-20-23(19)12-14(3)25-20/h4-11,13-14,18-19H,12H2,1-3H3/t14-,18+,19+/m0/s1. The molecule has 1 saturated heterocycles. The molecule has 0 aliphatic carbocycles. The van der Waals surface area contributed by atoms with Crippen molar-refractivity contribution in [2.24, 2.45) is 4.99 Å². The van der Waals surface area contributed by atoms with E-state index in [1.165, 1.54) is 5.56 Å². The predicted molar refractivity (Wildman–Crippen MR) is 103 cm³/mol. The van der Waals surface area contributed by atoms with E-state index in [0.29, 0.717) is 5.25 Å². The lowest BCUT2D eigenvalue weighted by molar-refractivity contribution is 0.230. The van der Waals surface area contributed by atoms with Gasteiger partial charge in [0.05, 0.1) is 17.8 Å². The van der Waals surface area contributed by atoms with Crippen molar-refractivity contribution in [2.75, 3.05) is 6.54 Å². The molecule has 0 saturated carbocycles. The summed E-state index contributed by atoms with van der Waals surface area (Å²) in [6.45, 7) is 7.40. The Hall–Kier alpha value is -2.01. The Kier molecular flexibility index (Phi) is 4.42. The van der Waals surface area contributed by atoms with Gasteiger partial charge in [-0.1, -0.05) is 43.0 Å². The highest BCUT2D eigenvalue weighted by molar-refractivity contribution is 8.14. The number of ether oxygens (including phenoxy) is 1. The second kappa shape index (κ2) is 6.71. The second-order valence-corrected chi connectivity index (χ2v) is 8.25. The maximum atomic E-state index is 6.11. The van der Waals surface area contributed by atoms with Gasteiger partial charge < -0.3 is 9.64 Å². The van der Waals surface area contributed by atoms with Crippen LogP contribution in [0, 0.1) is 0 Å². The Morgan fingerprint density at radius 1 is 1.16 bits per heavy atom. The highest BCUT2D eigenvalue weighted by atomic mass is 32.2. The average Bonchev–Trinajstić information content (AvgIpc) is 3.12. The number of para-hydroxylation sites is 1. The first-order chi connectivity index (χ1) is 12.1. The lowest BCUT2D eigenvalue weighted by atomic mass is 9.95. The third-order valence-electron chi connectivity index (χ3n) is 4.48. The van der Waals surface area contributed by atoms with Gasteiger partial charge in [-0.15, -0.1) is 0 Å². The van der Waals surface area contributed by atoms with E-state index in [0.717, 1.165) is 23.2 Å². The fourth-order valence-electron chi connectivity index (χ4n) is 3.54. The van der Waals surface area contributed by atoms with E-state index >= 15 is 0 Å². The number of hydrogen-bond acceptors (Lipinski definition) is 5. The number of rotatable bonds is 4. The van der Waals surface area contributed by atoms with E-state index in [1.54, 1.807) is 0 Å². The number of aromatic nitrogens is 1. The van der Waals surface area contributed by atoms with Crippen molar-refractivity contribution in [1.29, 1.82) is 0 Å². The zero-order valence-corrected chi connectivity index (χ0v) is 15.6. The Morgan fingerprint density at radius 3 is 2.72 bits per heavy atom. The van der Waals surface area contributed by atoms with Crippen LogP contribution in [0.4, 0.5) is 0 Å². The number of amidine groups is 1. The minimum absolute atomic E-state index is 0.00751. The molecule has 3 atom stereocenters.